The molecule has 1 atom stereocenters. The van der Waals surface area contributed by atoms with E-state index in [2.05, 4.69) is 60.2 Å². The molecule has 1 N–H and O–H groups in total. The number of hydrogen-bond acceptors (Lipinski definition) is 1. The molecular weight excluding hydrogens is 298 g/mol. The maximum absolute atomic E-state index is 3.64. The molecule has 0 amide bonds. The summed E-state index contributed by atoms with van der Waals surface area (Å²) >= 11 is 3.64. The van der Waals surface area contributed by atoms with E-state index in [1.54, 1.807) is 0 Å². The molecule has 0 fully saturated rings. The van der Waals surface area contributed by atoms with Gasteiger partial charge in [0.05, 0.1) is 0 Å². The Hall–Kier alpha value is -0.340. The molecule has 19 heavy (non-hydrogen) atoms. The SMILES string of the molecule is CCCCCCCC(NCC)c1cccc(Br)c1C. The minimum absolute atomic E-state index is 0.504. The van der Waals surface area contributed by atoms with Gasteiger partial charge in [-0.3, -0.25) is 0 Å². The van der Waals surface area contributed by atoms with Gasteiger partial charge in [-0.25, -0.2) is 0 Å². The summed E-state index contributed by atoms with van der Waals surface area (Å²) < 4.78 is 1.22. The highest BCUT2D eigenvalue weighted by Crippen LogP contribution is 2.27. The van der Waals surface area contributed by atoms with Crippen LogP contribution in [0.1, 0.15) is 69.5 Å². The van der Waals surface area contributed by atoms with E-state index >= 15 is 0 Å². The first kappa shape index (κ1) is 16.7. The molecule has 0 aliphatic rings. The van der Waals surface area contributed by atoms with Crippen molar-refractivity contribution in [3.8, 4) is 0 Å². The Morgan fingerprint density at radius 3 is 2.53 bits per heavy atom. The van der Waals surface area contributed by atoms with Crippen molar-refractivity contribution in [1.82, 2.24) is 5.32 Å². The van der Waals surface area contributed by atoms with Crippen LogP contribution in [0.25, 0.3) is 0 Å². The molecule has 1 nitrogen and oxygen atoms in total. The summed E-state index contributed by atoms with van der Waals surface area (Å²) in [6.07, 6.45) is 8.01. The first-order valence-corrected chi connectivity index (χ1v) is 8.48. The van der Waals surface area contributed by atoms with Gasteiger partial charge in [0.1, 0.15) is 0 Å². The molecule has 0 radical (unpaired) electrons. The molecule has 0 spiro atoms. The first-order valence-electron chi connectivity index (χ1n) is 7.69. The second-order valence-corrected chi connectivity index (χ2v) is 6.12. The van der Waals surface area contributed by atoms with Crippen molar-refractivity contribution in [3.05, 3.63) is 33.8 Å². The minimum atomic E-state index is 0.504. The number of hydrogen-bond donors (Lipinski definition) is 1. The molecule has 0 heterocycles. The standard InChI is InChI=1S/C17H28BrN/c1-4-6-7-8-9-13-17(19-5-2)15-11-10-12-16(18)14(15)3/h10-12,17,19H,4-9,13H2,1-3H3. The fourth-order valence-corrected chi connectivity index (χ4v) is 2.95. The van der Waals surface area contributed by atoms with Crippen LogP contribution in [0.15, 0.2) is 22.7 Å². The molecule has 1 rings (SSSR count). The van der Waals surface area contributed by atoms with Crippen LogP contribution in [0.3, 0.4) is 0 Å². The van der Waals surface area contributed by atoms with E-state index in [0.29, 0.717) is 6.04 Å². The largest absolute Gasteiger partial charge is 0.310 e. The second kappa shape index (κ2) is 9.55. The smallest absolute Gasteiger partial charge is 0.0323 e. The molecule has 1 aromatic rings. The average molecular weight is 326 g/mol. The van der Waals surface area contributed by atoms with E-state index in [1.165, 1.54) is 54.1 Å². The van der Waals surface area contributed by atoms with Gasteiger partial charge < -0.3 is 5.32 Å². The van der Waals surface area contributed by atoms with E-state index in [0.717, 1.165) is 6.54 Å². The average Bonchev–Trinajstić information content (AvgIpc) is 2.41. The topological polar surface area (TPSA) is 12.0 Å². The van der Waals surface area contributed by atoms with Gasteiger partial charge in [0, 0.05) is 10.5 Å². The highest BCUT2D eigenvalue weighted by atomic mass is 79.9. The Bertz CT molecular complexity index is 362. The summed E-state index contributed by atoms with van der Waals surface area (Å²) in [4.78, 5) is 0. The van der Waals surface area contributed by atoms with Gasteiger partial charge in [0.15, 0.2) is 0 Å². The van der Waals surface area contributed by atoms with Crippen molar-refractivity contribution >= 4 is 15.9 Å². The fraction of sp³-hybridized carbons (Fsp3) is 0.647. The molecule has 0 saturated heterocycles. The van der Waals surface area contributed by atoms with Crippen LogP contribution in [0.5, 0.6) is 0 Å². The van der Waals surface area contributed by atoms with Gasteiger partial charge in [0.25, 0.3) is 0 Å². The third-order valence-electron chi connectivity index (χ3n) is 3.73. The Balaban J connectivity index is 2.58. The molecule has 0 aromatic heterocycles. The van der Waals surface area contributed by atoms with Crippen LogP contribution >= 0.6 is 15.9 Å². The number of unbranched alkanes of at least 4 members (excludes halogenated alkanes) is 4. The van der Waals surface area contributed by atoms with Crippen molar-refractivity contribution in [2.45, 2.75) is 65.3 Å². The summed E-state index contributed by atoms with van der Waals surface area (Å²) in [6.45, 7) is 7.70. The van der Waals surface area contributed by atoms with Crippen LogP contribution in [-0.2, 0) is 0 Å². The molecule has 1 aromatic carbocycles. The van der Waals surface area contributed by atoms with E-state index in [9.17, 15) is 0 Å². The number of halogens is 1. The van der Waals surface area contributed by atoms with Crippen molar-refractivity contribution in [2.75, 3.05) is 6.54 Å². The molecule has 0 bridgehead atoms. The van der Waals surface area contributed by atoms with E-state index in [-0.39, 0.29) is 0 Å². The summed E-state index contributed by atoms with van der Waals surface area (Å²) in [5.41, 5.74) is 2.83. The summed E-state index contributed by atoms with van der Waals surface area (Å²) in [6, 6.07) is 7.04. The van der Waals surface area contributed by atoms with E-state index in [4.69, 9.17) is 0 Å². The second-order valence-electron chi connectivity index (χ2n) is 5.27. The van der Waals surface area contributed by atoms with Gasteiger partial charge >= 0.3 is 0 Å². The van der Waals surface area contributed by atoms with Crippen molar-refractivity contribution in [3.63, 3.8) is 0 Å². The minimum Gasteiger partial charge on any atom is -0.310 e. The Morgan fingerprint density at radius 2 is 1.84 bits per heavy atom. The lowest BCUT2D eigenvalue weighted by atomic mass is 9.96. The zero-order valence-electron chi connectivity index (χ0n) is 12.6. The molecule has 0 saturated carbocycles. The first-order chi connectivity index (χ1) is 9.20. The molecule has 108 valence electrons. The Kier molecular flexibility index (Phi) is 8.40. The molecular formula is C17H28BrN. The third-order valence-corrected chi connectivity index (χ3v) is 4.59. The third kappa shape index (κ3) is 5.66. The highest BCUT2D eigenvalue weighted by molar-refractivity contribution is 9.10. The fourth-order valence-electron chi connectivity index (χ4n) is 2.57. The predicted molar refractivity (Wildman–Crippen MR) is 88.7 cm³/mol. The maximum Gasteiger partial charge on any atom is 0.0323 e. The summed E-state index contributed by atoms with van der Waals surface area (Å²) in [7, 11) is 0. The molecule has 1 unspecified atom stereocenters. The van der Waals surface area contributed by atoms with Crippen LogP contribution < -0.4 is 5.32 Å². The van der Waals surface area contributed by atoms with E-state index < -0.39 is 0 Å². The van der Waals surface area contributed by atoms with E-state index in [1.807, 2.05) is 0 Å². The number of rotatable bonds is 9. The lowest BCUT2D eigenvalue weighted by Crippen LogP contribution is -2.21. The molecule has 0 aliphatic heterocycles. The normalized spacial score (nSPS) is 12.6. The quantitative estimate of drug-likeness (QED) is 0.568. The van der Waals surface area contributed by atoms with Crippen LogP contribution in [-0.4, -0.2) is 6.54 Å². The zero-order chi connectivity index (χ0) is 14.1. The Labute approximate surface area is 127 Å². The van der Waals surface area contributed by atoms with Crippen LogP contribution in [0.4, 0.5) is 0 Å². The van der Waals surface area contributed by atoms with Crippen LogP contribution in [0.2, 0.25) is 0 Å². The van der Waals surface area contributed by atoms with Crippen molar-refractivity contribution in [2.24, 2.45) is 0 Å². The van der Waals surface area contributed by atoms with Gasteiger partial charge in [-0.1, -0.05) is 74.0 Å². The van der Waals surface area contributed by atoms with Crippen molar-refractivity contribution < 1.29 is 0 Å². The van der Waals surface area contributed by atoms with Gasteiger partial charge in [-0.15, -0.1) is 0 Å². The predicted octanol–water partition coefficient (Wildman–Crippen LogP) is 5.77. The number of nitrogens with one attached hydrogen (secondary N) is 1. The van der Waals surface area contributed by atoms with Gasteiger partial charge in [-0.2, -0.15) is 0 Å². The van der Waals surface area contributed by atoms with Gasteiger partial charge in [0.2, 0.25) is 0 Å². The molecule has 2 heteroatoms. The van der Waals surface area contributed by atoms with Crippen molar-refractivity contribution in [1.29, 1.82) is 0 Å². The monoisotopic (exact) mass is 325 g/mol. The van der Waals surface area contributed by atoms with Gasteiger partial charge in [-0.05, 0) is 37.1 Å². The lowest BCUT2D eigenvalue weighted by Gasteiger charge is -2.21. The summed E-state index contributed by atoms with van der Waals surface area (Å²) in [5.74, 6) is 0. The maximum atomic E-state index is 3.64. The summed E-state index contributed by atoms with van der Waals surface area (Å²) in [5, 5.41) is 3.64. The van der Waals surface area contributed by atoms with Crippen LogP contribution in [0, 0.1) is 6.92 Å². The Morgan fingerprint density at radius 1 is 1.11 bits per heavy atom. The zero-order valence-corrected chi connectivity index (χ0v) is 14.2. The molecule has 0 aliphatic carbocycles. The number of benzene rings is 1. The lowest BCUT2D eigenvalue weighted by molar-refractivity contribution is 0.477. The highest BCUT2D eigenvalue weighted by Gasteiger charge is 2.13.